The summed E-state index contributed by atoms with van der Waals surface area (Å²) in [5, 5.41) is 0. The Bertz CT molecular complexity index is 458. The summed E-state index contributed by atoms with van der Waals surface area (Å²) >= 11 is 0. The van der Waals surface area contributed by atoms with Crippen LogP contribution in [-0.4, -0.2) is 32.8 Å². The number of rotatable bonds is 6. The van der Waals surface area contributed by atoms with Crippen LogP contribution in [0.4, 0.5) is 5.69 Å². The summed E-state index contributed by atoms with van der Waals surface area (Å²) in [6, 6.07) is 4.74. The van der Waals surface area contributed by atoms with Crippen molar-refractivity contribution in [2.45, 2.75) is 12.8 Å². The largest absolute Gasteiger partial charge is 0.494 e. The summed E-state index contributed by atoms with van der Waals surface area (Å²) in [5.41, 5.74) is 6.25. The van der Waals surface area contributed by atoms with Crippen molar-refractivity contribution < 1.29 is 23.8 Å². The Kier molecular flexibility index (Phi) is 5.66. The molecule has 0 heterocycles. The monoisotopic (exact) mass is 267 g/mol. The number of nitrogen functional groups attached to an aromatic ring is 1. The maximum absolute atomic E-state index is 11.4. The minimum atomic E-state index is -0.516. The summed E-state index contributed by atoms with van der Waals surface area (Å²) in [5.74, 6) is -0.298. The second kappa shape index (κ2) is 7.25. The molecule has 1 rings (SSSR count). The lowest BCUT2D eigenvalue weighted by Gasteiger charge is -2.09. The van der Waals surface area contributed by atoms with Crippen molar-refractivity contribution in [1.82, 2.24) is 0 Å². The Balaban J connectivity index is 2.55. The quantitative estimate of drug-likeness (QED) is 0.476. The lowest BCUT2D eigenvalue weighted by molar-refractivity contribution is -0.140. The molecular weight excluding hydrogens is 250 g/mol. The molecule has 0 radical (unpaired) electrons. The average Bonchev–Trinajstić information content (AvgIpc) is 2.43. The number of methoxy groups -OCH3 is 2. The van der Waals surface area contributed by atoms with Crippen LogP contribution in [0.1, 0.15) is 23.2 Å². The van der Waals surface area contributed by atoms with Gasteiger partial charge in [-0.3, -0.25) is 4.79 Å². The van der Waals surface area contributed by atoms with Gasteiger partial charge >= 0.3 is 11.9 Å². The minimum Gasteiger partial charge on any atom is -0.494 e. The molecule has 0 fully saturated rings. The van der Waals surface area contributed by atoms with Gasteiger partial charge in [0.2, 0.25) is 0 Å². The van der Waals surface area contributed by atoms with E-state index in [1.807, 2.05) is 0 Å². The second-order valence-electron chi connectivity index (χ2n) is 3.77. The van der Waals surface area contributed by atoms with Crippen LogP contribution in [0.15, 0.2) is 18.2 Å². The van der Waals surface area contributed by atoms with E-state index in [-0.39, 0.29) is 18.0 Å². The maximum Gasteiger partial charge on any atom is 0.340 e. The molecule has 1 aromatic rings. The number of benzene rings is 1. The van der Waals surface area contributed by atoms with Crippen LogP contribution >= 0.6 is 0 Å². The van der Waals surface area contributed by atoms with E-state index in [0.29, 0.717) is 24.5 Å². The van der Waals surface area contributed by atoms with Gasteiger partial charge in [-0.2, -0.15) is 0 Å². The van der Waals surface area contributed by atoms with Crippen LogP contribution in [0.25, 0.3) is 0 Å². The highest BCUT2D eigenvalue weighted by Crippen LogP contribution is 2.20. The van der Waals surface area contributed by atoms with Crippen molar-refractivity contribution in [2.75, 3.05) is 26.6 Å². The fraction of sp³-hybridized carbons (Fsp3) is 0.385. The summed E-state index contributed by atoms with van der Waals surface area (Å²) in [6.07, 6.45) is 0.819. The van der Waals surface area contributed by atoms with Gasteiger partial charge < -0.3 is 19.9 Å². The van der Waals surface area contributed by atoms with Crippen LogP contribution in [0.2, 0.25) is 0 Å². The molecule has 104 valence electrons. The van der Waals surface area contributed by atoms with Crippen molar-refractivity contribution in [3.63, 3.8) is 0 Å². The SMILES string of the molecule is COC(=O)CCCOc1ccc(N)c(C(=O)OC)c1. The van der Waals surface area contributed by atoms with E-state index in [0.717, 1.165) is 0 Å². The molecule has 19 heavy (non-hydrogen) atoms. The third-order valence-electron chi connectivity index (χ3n) is 2.45. The maximum atomic E-state index is 11.4. The van der Waals surface area contributed by atoms with E-state index in [1.54, 1.807) is 12.1 Å². The van der Waals surface area contributed by atoms with Crippen LogP contribution in [0.5, 0.6) is 5.75 Å². The van der Waals surface area contributed by atoms with Crippen molar-refractivity contribution in [2.24, 2.45) is 0 Å². The Morgan fingerprint density at radius 3 is 2.58 bits per heavy atom. The average molecular weight is 267 g/mol. The zero-order valence-electron chi connectivity index (χ0n) is 11.0. The zero-order valence-corrected chi connectivity index (χ0v) is 11.0. The number of hydrogen-bond acceptors (Lipinski definition) is 6. The number of ether oxygens (including phenoxy) is 3. The Labute approximate surface area is 111 Å². The first kappa shape index (κ1) is 14.8. The number of carbonyl (C=O) groups is 2. The molecule has 6 heteroatoms. The van der Waals surface area contributed by atoms with E-state index in [1.165, 1.54) is 20.3 Å². The highest BCUT2D eigenvalue weighted by Gasteiger charge is 2.11. The molecule has 0 spiro atoms. The van der Waals surface area contributed by atoms with E-state index in [9.17, 15) is 9.59 Å². The molecule has 0 amide bonds. The topological polar surface area (TPSA) is 87.9 Å². The standard InChI is InChI=1S/C13H17NO5/c1-17-12(15)4-3-7-19-9-5-6-11(14)10(8-9)13(16)18-2/h5-6,8H,3-4,7,14H2,1-2H3. The van der Waals surface area contributed by atoms with Crippen molar-refractivity contribution in [3.05, 3.63) is 23.8 Å². The first-order chi connectivity index (χ1) is 9.08. The molecule has 2 N–H and O–H groups in total. The van der Waals surface area contributed by atoms with Gasteiger partial charge in [-0.1, -0.05) is 0 Å². The van der Waals surface area contributed by atoms with E-state index in [4.69, 9.17) is 10.5 Å². The Morgan fingerprint density at radius 1 is 1.21 bits per heavy atom. The molecule has 6 nitrogen and oxygen atoms in total. The third kappa shape index (κ3) is 4.50. The van der Waals surface area contributed by atoms with Crippen molar-refractivity contribution in [1.29, 1.82) is 0 Å². The minimum absolute atomic E-state index is 0.257. The normalized spacial score (nSPS) is 9.79. The first-order valence-electron chi connectivity index (χ1n) is 5.76. The molecule has 0 aliphatic heterocycles. The predicted molar refractivity (Wildman–Crippen MR) is 68.9 cm³/mol. The van der Waals surface area contributed by atoms with E-state index in [2.05, 4.69) is 9.47 Å². The molecule has 0 atom stereocenters. The summed E-state index contributed by atoms with van der Waals surface area (Å²) in [4.78, 5) is 22.3. The van der Waals surface area contributed by atoms with Gasteiger partial charge in [0, 0.05) is 12.1 Å². The number of anilines is 1. The summed E-state index contributed by atoms with van der Waals surface area (Å²) in [7, 11) is 2.62. The van der Waals surface area contributed by atoms with Crippen molar-refractivity contribution >= 4 is 17.6 Å². The molecule has 0 saturated carbocycles. The summed E-state index contributed by atoms with van der Waals surface area (Å²) in [6.45, 7) is 0.347. The second-order valence-corrected chi connectivity index (χ2v) is 3.77. The molecule has 0 saturated heterocycles. The molecule has 0 aromatic heterocycles. The van der Waals surface area contributed by atoms with E-state index < -0.39 is 5.97 Å². The van der Waals surface area contributed by atoms with Crippen molar-refractivity contribution in [3.8, 4) is 5.75 Å². The molecule has 0 aliphatic carbocycles. The smallest absolute Gasteiger partial charge is 0.340 e. The summed E-state index contributed by atoms with van der Waals surface area (Å²) < 4.78 is 14.5. The van der Waals surface area contributed by atoms with Gasteiger partial charge in [0.05, 0.1) is 26.4 Å². The van der Waals surface area contributed by atoms with E-state index >= 15 is 0 Å². The number of hydrogen-bond donors (Lipinski definition) is 1. The predicted octanol–water partition coefficient (Wildman–Crippen LogP) is 1.39. The molecule has 0 aliphatic rings. The molecule has 1 aromatic carbocycles. The molecule has 0 bridgehead atoms. The molecule has 0 unspecified atom stereocenters. The lowest BCUT2D eigenvalue weighted by Crippen LogP contribution is -2.07. The van der Waals surface area contributed by atoms with Gasteiger partial charge in [0.1, 0.15) is 5.75 Å². The van der Waals surface area contributed by atoms with Gasteiger partial charge in [-0.25, -0.2) is 4.79 Å². The Hall–Kier alpha value is -2.24. The zero-order chi connectivity index (χ0) is 14.3. The number of esters is 2. The van der Waals surface area contributed by atoms with Crippen LogP contribution < -0.4 is 10.5 Å². The number of carbonyl (C=O) groups excluding carboxylic acids is 2. The van der Waals surface area contributed by atoms with Gasteiger partial charge in [-0.05, 0) is 24.6 Å². The lowest BCUT2D eigenvalue weighted by atomic mass is 10.2. The fourth-order valence-electron chi connectivity index (χ4n) is 1.42. The Morgan fingerprint density at radius 2 is 1.95 bits per heavy atom. The highest BCUT2D eigenvalue weighted by molar-refractivity contribution is 5.95. The highest BCUT2D eigenvalue weighted by atomic mass is 16.5. The van der Waals surface area contributed by atoms with Gasteiger partial charge in [0.25, 0.3) is 0 Å². The van der Waals surface area contributed by atoms with Crippen LogP contribution in [-0.2, 0) is 14.3 Å². The molecular formula is C13H17NO5. The number of nitrogens with two attached hydrogens (primary N) is 1. The van der Waals surface area contributed by atoms with Gasteiger partial charge in [0.15, 0.2) is 0 Å². The first-order valence-corrected chi connectivity index (χ1v) is 5.76. The third-order valence-corrected chi connectivity index (χ3v) is 2.45. The fourth-order valence-corrected chi connectivity index (χ4v) is 1.42. The van der Waals surface area contributed by atoms with Gasteiger partial charge in [-0.15, -0.1) is 0 Å². The van der Waals surface area contributed by atoms with Crippen LogP contribution in [0.3, 0.4) is 0 Å². The van der Waals surface area contributed by atoms with Crippen LogP contribution in [0, 0.1) is 0 Å².